The smallest absolute Gasteiger partial charge is 0.311 e. The van der Waals surface area contributed by atoms with Crippen LogP contribution in [0.2, 0.25) is 0 Å². The number of nitrogens with zero attached hydrogens (tertiary/aromatic N) is 4. The maximum Gasteiger partial charge on any atom is 0.311 e. The Hall–Kier alpha value is -2.94. The van der Waals surface area contributed by atoms with Crippen LogP contribution < -0.4 is 15.5 Å². The predicted octanol–water partition coefficient (Wildman–Crippen LogP) is 3.56. The molecular formula is C24H33FN6O2. The van der Waals surface area contributed by atoms with Crippen LogP contribution in [-0.2, 0) is 9.53 Å². The fourth-order valence-electron chi connectivity index (χ4n) is 4.63. The van der Waals surface area contributed by atoms with Gasteiger partial charge in [0, 0.05) is 43.6 Å². The summed E-state index contributed by atoms with van der Waals surface area (Å²) < 4.78 is 19.6. The van der Waals surface area contributed by atoms with E-state index in [0.29, 0.717) is 12.6 Å². The summed E-state index contributed by atoms with van der Waals surface area (Å²) in [5.74, 6) is -0.677. The Morgan fingerprint density at radius 1 is 1.24 bits per heavy atom. The van der Waals surface area contributed by atoms with Crippen LogP contribution >= 0.6 is 0 Å². The molecule has 1 aliphatic heterocycles. The number of likely N-dealkylation sites (N-methyl/N-ethyl adjacent to an activating group) is 1. The van der Waals surface area contributed by atoms with Crippen LogP contribution in [0.25, 0.3) is 0 Å². The molecule has 2 aliphatic rings. The van der Waals surface area contributed by atoms with Crippen LogP contribution in [0.1, 0.15) is 31.7 Å². The normalized spacial score (nSPS) is 21.2. The number of hydrogen-bond acceptors (Lipinski definition) is 8. The lowest BCUT2D eigenvalue weighted by atomic mass is 10.0. The molecule has 178 valence electrons. The number of piperazine rings is 1. The van der Waals surface area contributed by atoms with E-state index in [4.69, 9.17) is 4.74 Å². The molecule has 2 heterocycles. The lowest BCUT2D eigenvalue weighted by Gasteiger charge is -2.35. The van der Waals surface area contributed by atoms with E-state index in [1.54, 1.807) is 6.92 Å². The zero-order valence-electron chi connectivity index (χ0n) is 19.6. The van der Waals surface area contributed by atoms with Crippen molar-refractivity contribution in [2.45, 2.75) is 39.2 Å². The molecule has 33 heavy (non-hydrogen) atoms. The first kappa shape index (κ1) is 23.2. The highest BCUT2D eigenvalue weighted by molar-refractivity contribution is 5.74. The minimum Gasteiger partial charge on any atom is -0.466 e. The average molecular weight is 457 g/mol. The number of nitrogens with one attached hydrogen (secondary N) is 2. The van der Waals surface area contributed by atoms with Crippen LogP contribution in [0.15, 0.2) is 24.4 Å². The molecular weight excluding hydrogens is 423 g/mol. The highest BCUT2D eigenvalue weighted by Gasteiger charge is 2.34. The Kier molecular flexibility index (Phi) is 7.27. The van der Waals surface area contributed by atoms with E-state index in [1.165, 1.54) is 5.69 Å². The molecule has 2 aromatic rings. The topological polar surface area (TPSA) is 82.6 Å². The second-order valence-electron chi connectivity index (χ2n) is 8.85. The molecule has 1 saturated carbocycles. The highest BCUT2D eigenvalue weighted by atomic mass is 19.1. The van der Waals surface area contributed by atoms with Crippen molar-refractivity contribution in [3.63, 3.8) is 0 Å². The first-order valence-corrected chi connectivity index (χ1v) is 11.7. The quantitative estimate of drug-likeness (QED) is 0.612. The Morgan fingerprint density at radius 2 is 2.03 bits per heavy atom. The van der Waals surface area contributed by atoms with Crippen LogP contribution in [-0.4, -0.2) is 66.7 Å². The maximum atomic E-state index is 14.4. The summed E-state index contributed by atoms with van der Waals surface area (Å²) in [5.41, 5.74) is 3.23. The molecule has 2 fully saturated rings. The number of benzene rings is 1. The first-order chi connectivity index (χ1) is 15.9. The van der Waals surface area contributed by atoms with Crippen molar-refractivity contribution in [3.8, 4) is 0 Å². The number of anilines is 4. The summed E-state index contributed by atoms with van der Waals surface area (Å²) in [6.07, 6.45) is 3.53. The minimum absolute atomic E-state index is 0.0967. The summed E-state index contributed by atoms with van der Waals surface area (Å²) in [7, 11) is 2.15. The molecule has 8 nitrogen and oxygen atoms in total. The van der Waals surface area contributed by atoms with Crippen molar-refractivity contribution in [1.82, 2.24) is 14.9 Å². The van der Waals surface area contributed by atoms with Gasteiger partial charge in [-0.2, -0.15) is 4.98 Å². The summed E-state index contributed by atoms with van der Waals surface area (Å²) in [5, 5.41) is 6.30. The average Bonchev–Trinajstić information content (AvgIpc) is 3.25. The number of aryl methyl sites for hydroxylation is 1. The van der Waals surface area contributed by atoms with E-state index in [2.05, 4.69) is 56.5 Å². The molecule has 2 atom stereocenters. The first-order valence-electron chi connectivity index (χ1n) is 11.7. The van der Waals surface area contributed by atoms with Crippen LogP contribution in [0, 0.1) is 18.7 Å². The van der Waals surface area contributed by atoms with Gasteiger partial charge in [0.15, 0.2) is 11.6 Å². The van der Waals surface area contributed by atoms with Crippen molar-refractivity contribution in [2.24, 2.45) is 5.92 Å². The van der Waals surface area contributed by atoms with E-state index in [1.807, 2.05) is 6.07 Å². The predicted molar refractivity (Wildman–Crippen MR) is 128 cm³/mol. The molecule has 1 aromatic carbocycles. The third-order valence-corrected chi connectivity index (χ3v) is 6.47. The zero-order valence-corrected chi connectivity index (χ0v) is 19.6. The number of aromatic nitrogens is 2. The summed E-state index contributed by atoms with van der Waals surface area (Å²) in [6.45, 7) is 8.34. The monoisotopic (exact) mass is 456 g/mol. The molecule has 1 aromatic heterocycles. The Balaban J connectivity index is 1.44. The van der Waals surface area contributed by atoms with Gasteiger partial charge < -0.3 is 25.2 Å². The summed E-state index contributed by atoms with van der Waals surface area (Å²) >= 11 is 0. The number of rotatable bonds is 7. The molecule has 9 heteroatoms. The van der Waals surface area contributed by atoms with Crippen LogP contribution in [0.3, 0.4) is 0 Å². The zero-order chi connectivity index (χ0) is 23.4. The SMILES string of the molecule is CCOC(=O)[C@H]1CCC[C@@H]1Nc1nc(Nc2ccc(N3CCN(C)CC3)c(C)c2)ncc1F. The van der Waals surface area contributed by atoms with Crippen molar-refractivity contribution in [3.05, 3.63) is 35.8 Å². The van der Waals surface area contributed by atoms with E-state index < -0.39 is 5.82 Å². The Bertz CT molecular complexity index is 979. The number of halogens is 1. The van der Waals surface area contributed by atoms with E-state index in [-0.39, 0.29) is 23.7 Å². The van der Waals surface area contributed by atoms with Gasteiger partial charge in [0.25, 0.3) is 0 Å². The number of ether oxygens (including phenoxy) is 1. The van der Waals surface area contributed by atoms with Crippen LogP contribution in [0.5, 0.6) is 0 Å². The van der Waals surface area contributed by atoms with Gasteiger partial charge in [-0.3, -0.25) is 4.79 Å². The van der Waals surface area contributed by atoms with E-state index in [0.717, 1.165) is 62.9 Å². The second-order valence-corrected chi connectivity index (χ2v) is 8.85. The van der Waals surface area contributed by atoms with Gasteiger partial charge in [-0.25, -0.2) is 9.37 Å². The molecule has 0 amide bonds. The highest BCUT2D eigenvalue weighted by Crippen LogP contribution is 2.31. The van der Waals surface area contributed by atoms with Crippen molar-refractivity contribution in [2.75, 3.05) is 55.4 Å². The Morgan fingerprint density at radius 3 is 2.76 bits per heavy atom. The number of esters is 1. The molecule has 1 aliphatic carbocycles. The molecule has 0 spiro atoms. The fraction of sp³-hybridized carbons (Fsp3) is 0.542. The van der Waals surface area contributed by atoms with Crippen molar-refractivity contribution >= 4 is 29.1 Å². The third kappa shape index (κ3) is 5.52. The molecule has 0 radical (unpaired) electrons. The van der Waals surface area contributed by atoms with E-state index in [9.17, 15) is 9.18 Å². The van der Waals surface area contributed by atoms with Gasteiger partial charge in [0.2, 0.25) is 5.95 Å². The maximum absolute atomic E-state index is 14.4. The van der Waals surface area contributed by atoms with Gasteiger partial charge in [-0.1, -0.05) is 6.42 Å². The number of hydrogen-bond donors (Lipinski definition) is 2. The second kappa shape index (κ2) is 10.3. The van der Waals surface area contributed by atoms with Crippen LogP contribution in [0.4, 0.5) is 27.5 Å². The van der Waals surface area contributed by atoms with E-state index >= 15 is 0 Å². The van der Waals surface area contributed by atoms with Gasteiger partial charge in [-0.15, -0.1) is 0 Å². The third-order valence-electron chi connectivity index (χ3n) is 6.47. The largest absolute Gasteiger partial charge is 0.466 e. The summed E-state index contributed by atoms with van der Waals surface area (Å²) in [4.78, 5) is 25.4. The Labute approximate surface area is 194 Å². The fourth-order valence-corrected chi connectivity index (χ4v) is 4.63. The molecule has 2 N–H and O–H groups in total. The standard InChI is InChI=1S/C24H33FN6O2/c1-4-33-23(32)18-6-5-7-20(18)28-22-19(25)15-26-24(29-22)27-17-8-9-21(16(2)14-17)31-12-10-30(3)11-13-31/h8-9,14-15,18,20H,4-7,10-13H2,1-3H3,(H2,26,27,28,29)/t18-,20-/m0/s1. The minimum atomic E-state index is -0.545. The molecule has 0 unspecified atom stereocenters. The number of carbonyl (C=O) groups is 1. The van der Waals surface area contributed by atoms with Gasteiger partial charge in [0.1, 0.15) is 0 Å². The molecule has 4 rings (SSSR count). The lowest BCUT2D eigenvalue weighted by molar-refractivity contribution is -0.148. The molecule has 1 saturated heterocycles. The van der Waals surface area contributed by atoms with Crippen molar-refractivity contribution < 1.29 is 13.9 Å². The number of carbonyl (C=O) groups excluding carboxylic acids is 1. The lowest BCUT2D eigenvalue weighted by Crippen LogP contribution is -2.44. The van der Waals surface area contributed by atoms with Crippen molar-refractivity contribution in [1.29, 1.82) is 0 Å². The van der Waals surface area contributed by atoms with Gasteiger partial charge in [0.05, 0.1) is 18.7 Å². The molecule has 0 bridgehead atoms. The summed E-state index contributed by atoms with van der Waals surface area (Å²) in [6, 6.07) is 5.95. The van der Waals surface area contributed by atoms with Gasteiger partial charge >= 0.3 is 5.97 Å². The van der Waals surface area contributed by atoms with Gasteiger partial charge in [-0.05, 0) is 57.5 Å².